The molecule has 17 heavy (non-hydrogen) atoms. The molecule has 2 rings (SSSR count). The summed E-state index contributed by atoms with van der Waals surface area (Å²) in [7, 11) is 1.62. The molecule has 1 unspecified atom stereocenters. The summed E-state index contributed by atoms with van der Waals surface area (Å²) < 4.78 is 5.23. The maximum Gasteiger partial charge on any atom is 0.227 e. The van der Waals surface area contributed by atoms with E-state index in [1.165, 1.54) is 0 Å². The van der Waals surface area contributed by atoms with Crippen LogP contribution in [0.25, 0.3) is 0 Å². The molecule has 1 aliphatic rings. The van der Waals surface area contributed by atoms with Crippen LogP contribution in [-0.4, -0.2) is 37.0 Å². The van der Waals surface area contributed by atoms with Gasteiger partial charge in [-0.3, -0.25) is 4.79 Å². The Balaban J connectivity index is 2.03. The van der Waals surface area contributed by atoms with E-state index in [9.17, 15) is 4.79 Å². The van der Waals surface area contributed by atoms with Crippen LogP contribution in [0.2, 0.25) is 0 Å². The van der Waals surface area contributed by atoms with Gasteiger partial charge in [-0.1, -0.05) is 18.2 Å². The number of methoxy groups -OCH3 is 1. The zero-order valence-electron chi connectivity index (χ0n) is 10.1. The molecule has 0 radical (unpaired) electrons. The van der Waals surface area contributed by atoms with Gasteiger partial charge in [0.15, 0.2) is 0 Å². The summed E-state index contributed by atoms with van der Waals surface area (Å²) in [6.45, 7) is 1.45. The minimum absolute atomic E-state index is 0.127. The number of nitrogens with zero attached hydrogens (tertiary/aromatic N) is 1. The first-order chi connectivity index (χ1) is 8.20. The largest absolute Gasteiger partial charge is 0.496 e. The maximum absolute atomic E-state index is 12.0. The van der Waals surface area contributed by atoms with Crippen molar-refractivity contribution in [1.82, 2.24) is 4.90 Å². The van der Waals surface area contributed by atoms with Crippen LogP contribution in [-0.2, 0) is 11.2 Å². The van der Waals surface area contributed by atoms with Gasteiger partial charge in [0.25, 0.3) is 0 Å². The Bertz CT molecular complexity index is 406. The molecular weight excluding hydrogens is 216 g/mol. The number of ether oxygens (including phenoxy) is 1. The number of hydrogen-bond acceptors (Lipinski definition) is 3. The molecule has 1 saturated heterocycles. The zero-order chi connectivity index (χ0) is 12.3. The van der Waals surface area contributed by atoms with Crippen LogP contribution in [0.15, 0.2) is 24.3 Å². The third kappa shape index (κ3) is 2.77. The van der Waals surface area contributed by atoms with Crippen LogP contribution in [0.3, 0.4) is 0 Å². The van der Waals surface area contributed by atoms with Crippen LogP contribution < -0.4 is 10.5 Å². The SMILES string of the molecule is COc1ccccc1CC(=O)N1CCC(N)C1. The predicted molar refractivity (Wildman–Crippen MR) is 65.9 cm³/mol. The van der Waals surface area contributed by atoms with E-state index in [1.54, 1.807) is 7.11 Å². The molecular formula is C13H18N2O2. The molecule has 1 atom stereocenters. The van der Waals surface area contributed by atoms with Crippen LogP contribution in [0.5, 0.6) is 5.75 Å². The molecule has 1 aromatic carbocycles. The molecule has 0 aliphatic carbocycles. The highest BCUT2D eigenvalue weighted by atomic mass is 16.5. The summed E-state index contributed by atoms with van der Waals surface area (Å²) in [5.74, 6) is 0.895. The van der Waals surface area contributed by atoms with Crippen LogP contribution in [0.4, 0.5) is 0 Å². The molecule has 2 N–H and O–H groups in total. The Morgan fingerprint density at radius 1 is 1.53 bits per heavy atom. The number of para-hydroxylation sites is 1. The molecule has 4 nitrogen and oxygen atoms in total. The van der Waals surface area contributed by atoms with Crippen LogP contribution in [0, 0.1) is 0 Å². The number of likely N-dealkylation sites (tertiary alicyclic amines) is 1. The third-order valence-corrected chi connectivity index (χ3v) is 3.11. The Morgan fingerprint density at radius 2 is 2.29 bits per heavy atom. The van der Waals surface area contributed by atoms with E-state index in [0.717, 1.165) is 24.3 Å². The summed E-state index contributed by atoms with van der Waals surface area (Å²) in [5.41, 5.74) is 6.72. The lowest BCUT2D eigenvalue weighted by Gasteiger charge is -2.16. The normalized spacial score (nSPS) is 19.4. The van der Waals surface area contributed by atoms with Crippen molar-refractivity contribution in [2.24, 2.45) is 5.73 Å². The first-order valence-corrected chi connectivity index (χ1v) is 5.86. The summed E-state index contributed by atoms with van der Waals surface area (Å²) in [6.07, 6.45) is 1.29. The van der Waals surface area contributed by atoms with Gasteiger partial charge < -0.3 is 15.4 Å². The Labute approximate surface area is 101 Å². The summed E-state index contributed by atoms with van der Waals surface area (Å²) in [5, 5.41) is 0. The van der Waals surface area contributed by atoms with Crippen molar-refractivity contribution in [3.8, 4) is 5.75 Å². The van der Waals surface area contributed by atoms with E-state index in [0.29, 0.717) is 13.0 Å². The van der Waals surface area contributed by atoms with Gasteiger partial charge in [0, 0.05) is 24.7 Å². The molecule has 0 spiro atoms. The zero-order valence-corrected chi connectivity index (χ0v) is 10.1. The molecule has 1 fully saturated rings. The number of carbonyl (C=O) groups is 1. The van der Waals surface area contributed by atoms with E-state index < -0.39 is 0 Å². The average Bonchev–Trinajstić information content (AvgIpc) is 2.77. The second kappa shape index (κ2) is 5.19. The quantitative estimate of drug-likeness (QED) is 0.841. The average molecular weight is 234 g/mol. The first-order valence-electron chi connectivity index (χ1n) is 5.86. The fraction of sp³-hybridized carbons (Fsp3) is 0.462. The van der Waals surface area contributed by atoms with E-state index in [4.69, 9.17) is 10.5 Å². The van der Waals surface area contributed by atoms with Crippen molar-refractivity contribution in [2.45, 2.75) is 18.9 Å². The van der Waals surface area contributed by atoms with Gasteiger partial charge in [-0.25, -0.2) is 0 Å². The smallest absolute Gasteiger partial charge is 0.227 e. The summed E-state index contributed by atoms with van der Waals surface area (Å²) >= 11 is 0. The molecule has 4 heteroatoms. The second-order valence-electron chi connectivity index (χ2n) is 4.38. The molecule has 1 aromatic rings. The van der Waals surface area contributed by atoms with Crippen molar-refractivity contribution >= 4 is 5.91 Å². The fourth-order valence-electron chi connectivity index (χ4n) is 2.14. The van der Waals surface area contributed by atoms with E-state index in [2.05, 4.69) is 0 Å². The van der Waals surface area contributed by atoms with E-state index >= 15 is 0 Å². The topological polar surface area (TPSA) is 55.6 Å². The molecule has 92 valence electrons. The standard InChI is InChI=1S/C13H18N2O2/c1-17-12-5-3-2-4-10(12)8-13(16)15-7-6-11(14)9-15/h2-5,11H,6-9,14H2,1H3. The number of hydrogen-bond donors (Lipinski definition) is 1. The van der Waals surface area contributed by atoms with Crippen molar-refractivity contribution in [1.29, 1.82) is 0 Å². The predicted octanol–water partition coefficient (Wildman–Crippen LogP) is 0.797. The lowest BCUT2D eigenvalue weighted by Crippen LogP contribution is -2.32. The van der Waals surface area contributed by atoms with Crippen molar-refractivity contribution in [2.75, 3.05) is 20.2 Å². The lowest BCUT2D eigenvalue weighted by atomic mass is 10.1. The molecule has 0 aromatic heterocycles. The Kier molecular flexibility index (Phi) is 3.64. The van der Waals surface area contributed by atoms with E-state index in [1.807, 2.05) is 29.2 Å². The van der Waals surface area contributed by atoms with Gasteiger partial charge in [0.2, 0.25) is 5.91 Å². The number of benzene rings is 1. The maximum atomic E-state index is 12.0. The molecule has 0 bridgehead atoms. The summed E-state index contributed by atoms with van der Waals surface area (Å²) in [4.78, 5) is 13.9. The fourth-order valence-corrected chi connectivity index (χ4v) is 2.14. The van der Waals surface area contributed by atoms with Gasteiger partial charge in [0.05, 0.1) is 13.5 Å². The molecule has 1 amide bonds. The summed E-state index contributed by atoms with van der Waals surface area (Å²) in [6, 6.07) is 7.75. The van der Waals surface area contributed by atoms with Gasteiger partial charge >= 0.3 is 0 Å². The van der Waals surface area contributed by atoms with Crippen LogP contribution in [0.1, 0.15) is 12.0 Å². The number of amides is 1. The molecule has 0 saturated carbocycles. The van der Waals surface area contributed by atoms with Crippen molar-refractivity contribution < 1.29 is 9.53 Å². The minimum Gasteiger partial charge on any atom is -0.496 e. The highest BCUT2D eigenvalue weighted by Gasteiger charge is 2.23. The number of nitrogens with two attached hydrogens (primary N) is 1. The van der Waals surface area contributed by atoms with Crippen molar-refractivity contribution in [3.05, 3.63) is 29.8 Å². The first kappa shape index (κ1) is 11.9. The third-order valence-electron chi connectivity index (χ3n) is 3.11. The van der Waals surface area contributed by atoms with Gasteiger partial charge in [-0.05, 0) is 12.5 Å². The van der Waals surface area contributed by atoms with Gasteiger partial charge in [-0.15, -0.1) is 0 Å². The van der Waals surface area contributed by atoms with Crippen molar-refractivity contribution in [3.63, 3.8) is 0 Å². The number of rotatable bonds is 3. The Morgan fingerprint density at radius 3 is 2.94 bits per heavy atom. The Hall–Kier alpha value is -1.55. The lowest BCUT2D eigenvalue weighted by molar-refractivity contribution is -0.129. The van der Waals surface area contributed by atoms with Gasteiger partial charge in [0.1, 0.15) is 5.75 Å². The molecule has 1 aliphatic heterocycles. The second-order valence-corrected chi connectivity index (χ2v) is 4.38. The number of carbonyl (C=O) groups excluding carboxylic acids is 1. The van der Waals surface area contributed by atoms with E-state index in [-0.39, 0.29) is 11.9 Å². The molecule has 1 heterocycles. The minimum atomic E-state index is 0.127. The highest BCUT2D eigenvalue weighted by molar-refractivity contribution is 5.79. The van der Waals surface area contributed by atoms with Crippen LogP contribution >= 0.6 is 0 Å². The van der Waals surface area contributed by atoms with Gasteiger partial charge in [-0.2, -0.15) is 0 Å². The monoisotopic (exact) mass is 234 g/mol. The highest BCUT2D eigenvalue weighted by Crippen LogP contribution is 2.19.